The third-order valence-electron chi connectivity index (χ3n) is 1.73. The van der Waals surface area contributed by atoms with Crippen LogP contribution in [0.4, 0.5) is 0 Å². The van der Waals surface area contributed by atoms with E-state index in [0.29, 0.717) is 12.3 Å². The highest BCUT2D eigenvalue weighted by atomic mass is 16.5. The van der Waals surface area contributed by atoms with E-state index in [1.54, 1.807) is 0 Å². The summed E-state index contributed by atoms with van der Waals surface area (Å²) < 4.78 is 5.47. The minimum absolute atomic E-state index is 0.0706. The molecule has 0 saturated carbocycles. The Morgan fingerprint density at radius 1 is 1.46 bits per heavy atom. The van der Waals surface area contributed by atoms with Gasteiger partial charge in [-0.15, -0.1) is 0 Å². The Bertz CT molecular complexity index is 269. The fourth-order valence-electron chi connectivity index (χ4n) is 1.16. The van der Waals surface area contributed by atoms with Crippen LogP contribution < -0.4 is 5.73 Å². The minimum atomic E-state index is -0.0706. The zero-order valence-electron chi connectivity index (χ0n) is 7.86. The maximum atomic E-state index is 5.59. The lowest BCUT2D eigenvalue weighted by Crippen LogP contribution is -2.14. The van der Waals surface area contributed by atoms with Gasteiger partial charge in [0, 0.05) is 6.54 Å². The van der Waals surface area contributed by atoms with Crippen LogP contribution in [0.5, 0.6) is 0 Å². The van der Waals surface area contributed by atoms with E-state index >= 15 is 0 Å². The van der Waals surface area contributed by atoms with Gasteiger partial charge in [-0.05, 0) is 12.5 Å². The highest BCUT2D eigenvalue weighted by molar-refractivity contribution is 5.18. The van der Waals surface area contributed by atoms with Crippen molar-refractivity contribution < 1.29 is 4.74 Å². The summed E-state index contributed by atoms with van der Waals surface area (Å²) in [5, 5.41) is 0. The molecule has 1 rings (SSSR count). The Morgan fingerprint density at radius 2 is 2.08 bits per heavy atom. The normalized spacial score (nSPS) is 12.2. The van der Waals surface area contributed by atoms with Crippen molar-refractivity contribution in [2.75, 3.05) is 6.54 Å². The standard InChI is InChI=1S/C11H15NO/c1-9(2)13-11(8-12)10-6-4-3-5-7-10/h3-7,11H,1,8,12H2,2H3. The highest BCUT2D eigenvalue weighted by Crippen LogP contribution is 2.17. The van der Waals surface area contributed by atoms with Gasteiger partial charge in [-0.3, -0.25) is 0 Å². The lowest BCUT2D eigenvalue weighted by Gasteiger charge is -2.17. The van der Waals surface area contributed by atoms with Crippen molar-refractivity contribution in [3.05, 3.63) is 48.2 Å². The molecule has 2 nitrogen and oxygen atoms in total. The SMILES string of the molecule is C=C(C)OC(CN)c1ccccc1. The van der Waals surface area contributed by atoms with E-state index in [0.717, 1.165) is 5.56 Å². The monoisotopic (exact) mass is 177 g/mol. The molecule has 0 amide bonds. The third kappa shape index (κ3) is 2.92. The molecule has 1 atom stereocenters. The molecular weight excluding hydrogens is 162 g/mol. The van der Waals surface area contributed by atoms with Gasteiger partial charge < -0.3 is 10.5 Å². The number of ether oxygens (including phenoxy) is 1. The topological polar surface area (TPSA) is 35.2 Å². The molecule has 1 aromatic carbocycles. The Hall–Kier alpha value is -1.28. The van der Waals surface area contributed by atoms with E-state index < -0.39 is 0 Å². The second kappa shape index (κ2) is 4.67. The Balaban J connectivity index is 2.73. The highest BCUT2D eigenvalue weighted by Gasteiger charge is 2.09. The van der Waals surface area contributed by atoms with E-state index in [4.69, 9.17) is 10.5 Å². The van der Waals surface area contributed by atoms with Crippen LogP contribution in [-0.4, -0.2) is 6.54 Å². The summed E-state index contributed by atoms with van der Waals surface area (Å²) in [6, 6.07) is 9.92. The molecule has 0 radical (unpaired) electrons. The van der Waals surface area contributed by atoms with Crippen LogP contribution in [0.15, 0.2) is 42.7 Å². The van der Waals surface area contributed by atoms with Crippen molar-refractivity contribution >= 4 is 0 Å². The number of hydrogen-bond donors (Lipinski definition) is 1. The predicted octanol–water partition coefficient (Wildman–Crippen LogP) is 2.24. The van der Waals surface area contributed by atoms with Crippen molar-refractivity contribution in [2.24, 2.45) is 5.73 Å². The van der Waals surface area contributed by atoms with Crippen molar-refractivity contribution in [3.63, 3.8) is 0 Å². The van der Waals surface area contributed by atoms with Crippen LogP contribution >= 0.6 is 0 Å². The maximum absolute atomic E-state index is 5.59. The summed E-state index contributed by atoms with van der Waals surface area (Å²) in [6.45, 7) is 5.98. The van der Waals surface area contributed by atoms with Crippen LogP contribution in [0, 0.1) is 0 Å². The number of allylic oxidation sites excluding steroid dienone is 1. The number of benzene rings is 1. The first-order chi connectivity index (χ1) is 6.24. The lowest BCUT2D eigenvalue weighted by molar-refractivity contribution is 0.126. The lowest BCUT2D eigenvalue weighted by atomic mass is 10.1. The van der Waals surface area contributed by atoms with Crippen molar-refractivity contribution in [3.8, 4) is 0 Å². The van der Waals surface area contributed by atoms with Crippen molar-refractivity contribution in [2.45, 2.75) is 13.0 Å². The summed E-state index contributed by atoms with van der Waals surface area (Å²) in [6.07, 6.45) is -0.0706. The van der Waals surface area contributed by atoms with E-state index in [-0.39, 0.29) is 6.10 Å². The number of hydrogen-bond acceptors (Lipinski definition) is 2. The molecule has 1 unspecified atom stereocenters. The van der Waals surface area contributed by atoms with E-state index in [2.05, 4.69) is 6.58 Å². The molecule has 0 saturated heterocycles. The predicted molar refractivity (Wildman–Crippen MR) is 54.1 cm³/mol. The molecule has 13 heavy (non-hydrogen) atoms. The smallest absolute Gasteiger partial charge is 0.135 e. The Kier molecular flexibility index (Phi) is 3.53. The van der Waals surface area contributed by atoms with Crippen LogP contribution in [0.25, 0.3) is 0 Å². The molecule has 0 bridgehead atoms. The van der Waals surface area contributed by atoms with Crippen LogP contribution in [0.2, 0.25) is 0 Å². The third-order valence-corrected chi connectivity index (χ3v) is 1.73. The van der Waals surface area contributed by atoms with Gasteiger partial charge in [0.25, 0.3) is 0 Å². The zero-order chi connectivity index (χ0) is 9.68. The van der Waals surface area contributed by atoms with Crippen LogP contribution in [-0.2, 0) is 4.74 Å². The van der Waals surface area contributed by atoms with Gasteiger partial charge in [-0.1, -0.05) is 36.9 Å². The zero-order valence-corrected chi connectivity index (χ0v) is 7.86. The molecule has 0 aliphatic heterocycles. The van der Waals surface area contributed by atoms with Crippen LogP contribution in [0.1, 0.15) is 18.6 Å². The second-order valence-corrected chi connectivity index (χ2v) is 2.95. The van der Waals surface area contributed by atoms with Gasteiger partial charge in [-0.25, -0.2) is 0 Å². The van der Waals surface area contributed by atoms with E-state index in [1.807, 2.05) is 37.3 Å². The van der Waals surface area contributed by atoms with Gasteiger partial charge in [0.2, 0.25) is 0 Å². The van der Waals surface area contributed by atoms with Gasteiger partial charge in [0.05, 0.1) is 5.76 Å². The van der Waals surface area contributed by atoms with Gasteiger partial charge >= 0.3 is 0 Å². The quantitative estimate of drug-likeness (QED) is 0.716. The summed E-state index contributed by atoms with van der Waals surface area (Å²) >= 11 is 0. The van der Waals surface area contributed by atoms with Gasteiger partial charge in [0.15, 0.2) is 0 Å². The first kappa shape index (κ1) is 9.81. The minimum Gasteiger partial charge on any atom is -0.490 e. The average Bonchev–Trinajstić information content (AvgIpc) is 2.15. The molecule has 2 N–H and O–H groups in total. The number of rotatable bonds is 4. The van der Waals surface area contributed by atoms with Crippen LogP contribution in [0.3, 0.4) is 0 Å². The summed E-state index contributed by atoms with van der Waals surface area (Å²) in [4.78, 5) is 0. The van der Waals surface area contributed by atoms with Crippen molar-refractivity contribution in [1.82, 2.24) is 0 Å². The van der Waals surface area contributed by atoms with E-state index in [1.165, 1.54) is 0 Å². The molecule has 0 aromatic heterocycles. The van der Waals surface area contributed by atoms with Gasteiger partial charge in [-0.2, -0.15) is 0 Å². The van der Waals surface area contributed by atoms with Crippen molar-refractivity contribution in [1.29, 1.82) is 0 Å². The summed E-state index contributed by atoms with van der Waals surface area (Å²) in [5.41, 5.74) is 6.68. The van der Waals surface area contributed by atoms with E-state index in [9.17, 15) is 0 Å². The molecule has 0 heterocycles. The molecule has 0 fully saturated rings. The molecular formula is C11H15NO. The molecule has 0 aliphatic rings. The maximum Gasteiger partial charge on any atom is 0.135 e. The first-order valence-electron chi connectivity index (χ1n) is 4.31. The summed E-state index contributed by atoms with van der Waals surface area (Å²) in [5.74, 6) is 0.694. The largest absolute Gasteiger partial charge is 0.490 e. The molecule has 70 valence electrons. The Labute approximate surface area is 79.0 Å². The fraction of sp³-hybridized carbons (Fsp3) is 0.273. The van der Waals surface area contributed by atoms with Gasteiger partial charge in [0.1, 0.15) is 6.10 Å². The second-order valence-electron chi connectivity index (χ2n) is 2.95. The molecule has 0 aliphatic carbocycles. The average molecular weight is 177 g/mol. The first-order valence-corrected chi connectivity index (χ1v) is 4.31. The summed E-state index contributed by atoms with van der Waals surface area (Å²) in [7, 11) is 0. The Morgan fingerprint density at radius 3 is 2.54 bits per heavy atom. The number of nitrogens with two attached hydrogens (primary N) is 1. The molecule has 2 heteroatoms. The molecule has 1 aromatic rings. The molecule has 0 spiro atoms. The fourth-order valence-corrected chi connectivity index (χ4v) is 1.16.